The van der Waals surface area contributed by atoms with Gasteiger partial charge in [-0.15, -0.1) is 0 Å². The number of carboxylic acid groups (broad SMARTS) is 1. The number of ether oxygens (including phenoxy) is 2. The molecule has 2 atom stereocenters. The molecule has 2 rings (SSSR count). The average molecular weight is 266 g/mol. The first-order valence-corrected chi connectivity index (χ1v) is 6.00. The molecule has 19 heavy (non-hydrogen) atoms. The molecule has 0 spiro atoms. The summed E-state index contributed by atoms with van der Waals surface area (Å²) < 4.78 is 10.7. The molecule has 1 aromatic rings. The Balaban J connectivity index is 2.32. The lowest BCUT2D eigenvalue weighted by Gasteiger charge is -2.20. The molecule has 0 bridgehead atoms. The van der Waals surface area contributed by atoms with Gasteiger partial charge in [-0.05, 0) is 18.2 Å². The highest BCUT2D eigenvalue weighted by Gasteiger charge is 2.34. The van der Waals surface area contributed by atoms with Gasteiger partial charge in [0, 0.05) is 33.0 Å². The number of carbonyl (C=O) groups is 1. The number of rotatable bonds is 4. The molecule has 0 aromatic heterocycles. The summed E-state index contributed by atoms with van der Waals surface area (Å²) in [5, 5.41) is 9.23. The fourth-order valence-electron chi connectivity index (χ4n) is 2.38. The van der Waals surface area contributed by atoms with E-state index in [-0.39, 0.29) is 17.8 Å². The number of aromatic carboxylic acids is 1. The molecule has 0 amide bonds. The van der Waals surface area contributed by atoms with Gasteiger partial charge in [0.2, 0.25) is 0 Å². The maximum Gasteiger partial charge on any atom is 0.337 e. The first-order valence-electron chi connectivity index (χ1n) is 6.00. The standard InChI is InChI=1S/C13H18N2O4/c1-18-11-6-15(7-12(11)19-2)10-5-8(14)3-4-9(10)13(16)17/h3-5,11-12H,6-7,14H2,1-2H3,(H,16,17). The minimum absolute atomic E-state index is 0.0759. The SMILES string of the molecule is COC1CN(c2cc(N)ccc2C(=O)O)CC1OC. The fourth-order valence-corrected chi connectivity index (χ4v) is 2.38. The van der Waals surface area contributed by atoms with Crippen molar-refractivity contribution in [3.05, 3.63) is 23.8 Å². The van der Waals surface area contributed by atoms with Crippen molar-refractivity contribution in [2.24, 2.45) is 0 Å². The fraction of sp³-hybridized carbons (Fsp3) is 0.462. The third kappa shape index (κ3) is 2.64. The Morgan fingerprint density at radius 1 is 1.32 bits per heavy atom. The van der Waals surface area contributed by atoms with Gasteiger partial charge in [0.15, 0.2) is 0 Å². The zero-order valence-corrected chi connectivity index (χ0v) is 11.0. The van der Waals surface area contributed by atoms with Crippen LogP contribution in [-0.2, 0) is 9.47 Å². The summed E-state index contributed by atoms with van der Waals surface area (Å²) in [4.78, 5) is 13.2. The van der Waals surface area contributed by atoms with Crippen molar-refractivity contribution in [2.75, 3.05) is 37.9 Å². The number of hydrogen-bond donors (Lipinski definition) is 2. The molecule has 1 aliphatic rings. The van der Waals surface area contributed by atoms with E-state index < -0.39 is 5.97 Å². The molecule has 0 aliphatic carbocycles. The van der Waals surface area contributed by atoms with Gasteiger partial charge in [-0.3, -0.25) is 0 Å². The molecule has 1 heterocycles. The molecule has 1 fully saturated rings. The van der Waals surface area contributed by atoms with E-state index in [4.69, 9.17) is 15.2 Å². The highest BCUT2D eigenvalue weighted by Crippen LogP contribution is 2.28. The normalized spacial score (nSPS) is 22.7. The van der Waals surface area contributed by atoms with Crippen LogP contribution in [0.4, 0.5) is 11.4 Å². The highest BCUT2D eigenvalue weighted by molar-refractivity contribution is 5.95. The minimum Gasteiger partial charge on any atom is -0.478 e. The monoisotopic (exact) mass is 266 g/mol. The van der Waals surface area contributed by atoms with E-state index in [2.05, 4.69) is 0 Å². The smallest absolute Gasteiger partial charge is 0.337 e. The summed E-state index contributed by atoms with van der Waals surface area (Å²) in [6, 6.07) is 4.79. The van der Waals surface area contributed by atoms with Crippen LogP contribution in [0.5, 0.6) is 0 Å². The number of benzene rings is 1. The number of nitrogen functional groups attached to an aromatic ring is 1. The minimum atomic E-state index is -0.968. The van der Waals surface area contributed by atoms with E-state index in [1.165, 1.54) is 6.07 Å². The number of anilines is 2. The lowest BCUT2D eigenvalue weighted by Crippen LogP contribution is -2.27. The van der Waals surface area contributed by atoms with Crippen molar-refractivity contribution in [3.63, 3.8) is 0 Å². The highest BCUT2D eigenvalue weighted by atomic mass is 16.5. The Labute approximate surface area is 111 Å². The molecule has 1 saturated heterocycles. The van der Waals surface area contributed by atoms with Crippen molar-refractivity contribution >= 4 is 17.3 Å². The lowest BCUT2D eigenvalue weighted by molar-refractivity contribution is -0.00461. The van der Waals surface area contributed by atoms with E-state index in [1.807, 2.05) is 4.90 Å². The topological polar surface area (TPSA) is 85.0 Å². The molecule has 3 N–H and O–H groups in total. The van der Waals surface area contributed by atoms with Gasteiger partial charge in [0.25, 0.3) is 0 Å². The second-order valence-corrected chi connectivity index (χ2v) is 4.54. The van der Waals surface area contributed by atoms with Gasteiger partial charge in [-0.1, -0.05) is 0 Å². The van der Waals surface area contributed by atoms with Gasteiger partial charge in [0.1, 0.15) is 12.2 Å². The van der Waals surface area contributed by atoms with E-state index >= 15 is 0 Å². The summed E-state index contributed by atoms with van der Waals surface area (Å²) in [5.41, 5.74) is 7.13. The molecule has 6 heteroatoms. The maximum absolute atomic E-state index is 11.3. The number of carboxylic acids is 1. The van der Waals surface area contributed by atoms with Crippen LogP contribution < -0.4 is 10.6 Å². The van der Waals surface area contributed by atoms with Crippen LogP contribution in [0.25, 0.3) is 0 Å². The van der Waals surface area contributed by atoms with Gasteiger partial charge in [0.05, 0.1) is 11.3 Å². The third-order valence-corrected chi connectivity index (χ3v) is 3.41. The summed E-state index contributed by atoms with van der Waals surface area (Å²) in [6.45, 7) is 1.16. The van der Waals surface area contributed by atoms with Crippen molar-refractivity contribution in [3.8, 4) is 0 Å². The van der Waals surface area contributed by atoms with Crippen LogP contribution in [0, 0.1) is 0 Å². The van der Waals surface area contributed by atoms with Gasteiger partial charge < -0.3 is 25.2 Å². The molecule has 6 nitrogen and oxygen atoms in total. The third-order valence-electron chi connectivity index (χ3n) is 3.41. The second kappa shape index (κ2) is 5.46. The van der Waals surface area contributed by atoms with E-state index in [1.54, 1.807) is 26.4 Å². The number of nitrogens with two attached hydrogens (primary N) is 1. The van der Waals surface area contributed by atoms with E-state index in [9.17, 15) is 9.90 Å². The maximum atomic E-state index is 11.3. The van der Waals surface area contributed by atoms with Crippen LogP contribution in [0.3, 0.4) is 0 Å². The Morgan fingerprint density at radius 2 is 1.89 bits per heavy atom. The van der Waals surface area contributed by atoms with Crippen LogP contribution in [0.2, 0.25) is 0 Å². The number of methoxy groups -OCH3 is 2. The van der Waals surface area contributed by atoms with E-state index in [0.717, 1.165) is 0 Å². The Hall–Kier alpha value is -1.79. The average Bonchev–Trinajstić information content (AvgIpc) is 2.81. The van der Waals surface area contributed by atoms with Crippen molar-refractivity contribution in [2.45, 2.75) is 12.2 Å². The summed E-state index contributed by atoms with van der Waals surface area (Å²) >= 11 is 0. The number of hydrogen-bond acceptors (Lipinski definition) is 5. The van der Waals surface area contributed by atoms with E-state index in [0.29, 0.717) is 24.5 Å². The van der Waals surface area contributed by atoms with Gasteiger partial charge in [-0.2, -0.15) is 0 Å². The largest absolute Gasteiger partial charge is 0.478 e. The van der Waals surface area contributed by atoms with Crippen molar-refractivity contribution in [1.82, 2.24) is 0 Å². The quantitative estimate of drug-likeness (QED) is 0.785. The van der Waals surface area contributed by atoms with Crippen LogP contribution in [-0.4, -0.2) is 50.6 Å². The van der Waals surface area contributed by atoms with Crippen molar-refractivity contribution in [1.29, 1.82) is 0 Å². The zero-order chi connectivity index (χ0) is 14.0. The second-order valence-electron chi connectivity index (χ2n) is 4.54. The van der Waals surface area contributed by atoms with Crippen molar-refractivity contribution < 1.29 is 19.4 Å². The van der Waals surface area contributed by atoms with Gasteiger partial charge >= 0.3 is 5.97 Å². The van der Waals surface area contributed by atoms with Crippen LogP contribution in [0.15, 0.2) is 18.2 Å². The van der Waals surface area contributed by atoms with Crippen LogP contribution >= 0.6 is 0 Å². The first-order chi connectivity index (χ1) is 9.06. The summed E-state index contributed by atoms with van der Waals surface area (Å²) in [5.74, 6) is -0.968. The lowest BCUT2D eigenvalue weighted by atomic mass is 10.1. The predicted octanol–water partition coefficient (Wildman–Crippen LogP) is 0.817. The predicted molar refractivity (Wildman–Crippen MR) is 71.6 cm³/mol. The summed E-state index contributed by atoms with van der Waals surface area (Å²) in [7, 11) is 3.25. The molecule has 1 aromatic carbocycles. The molecule has 104 valence electrons. The zero-order valence-electron chi connectivity index (χ0n) is 11.0. The van der Waals surface area contributed by atoms with Gasteiger partial charge in [-0.25, -0.2) is 4.79 Å². The first kappa shape index (κ1) is 13.6. The molecular formula is C13H18N2O4. The molecular weight excluding hydrogens is 248 g/mol. The Morgan fingerprint density at radius 3 is 2.37 bits per heavy atom. The molecule has 2 unspecified atom stereocenters. The molecule has 0 radical (unpaired) electrons. The summed E-state index contributed by atoms with van der Waals surface area (Å²) in [6.07, 6.45) is -0.152. The van der Waals surface area contributed by atoms with Crippen LogP contribution in [0.1, 0.15) is 10.4 Å². The molecule has 0 saturated carbocycles. The number of nitrogens with zero attached hydrogens (tertiary/aromatic N) is 1. The molecule has 1 aliphatic heterocycles. The Bertz CT molecular complexity index is 466. The Kier molecular flexibility index (Phi) is 3.92.